The van der Waals surface area contributed by atoms with Crippen LogP contribution in [0.5, 0.6) is 5.75 Å². The highest BCUT2D eigenvalue weighted by atomic mass is 19.4. The van der Waals surface area contributed by atoms with Crippen molar-refractivity contribution in [1.29, 1.82) is 0 Å². The SMILES string of the molecule is C[C@H]1C(=O)NC[C@@H]1C(=O)Nc1cc(-c2cccc(OC(F)(F)F)c2)n(CC2CCOCC2)n1. The summed E-state index contributed by atoms with van der Waals surface area (Å²) in [6, 6.07) is 7.27. The van der Waals surface area contributed by atoms with Gasteiger partial charge in [-0.15, -0.1) is 13.2 Å². The number of ether oxygens (including phenoxy) is 2. The van der Waals surface area contributed by atoms with Gasteiger partial charge in [-0.25, -0.2) is 0 Å². The first-order valence-corrected chi connectivity index (χ1v) is 10.8. The molecule has 2 atom stereocenters. The molecule has 1 aromatic carbocycles. The number of nitrogens with zero attached hydrogens (tertiary/aromatic N) is 2. The number of alkyl halides is 3. The lowest BCUT2D eigenvalue weighted by Crippen LogP contribution is -2.28. The van der Waals surface area contributed by atoms with Crippen molar-refractivity contribution in [2.24, 2.45) is 17.8 Å². The van der Waals surface area contributed by atoms with Gasteiger partial charge in [-0.2, -0.15) is 5.10 Å². The molecule has 2 amide bonds. The van der Waals surface area contributed by atoms with Gasteiger partial charge in [-0.05, 0) is 30.9 Å². The topological polar surface area (TPSA) is 94.5 Å². The summed E-state index contributed by atoms with van der Waals surface area (Å²) >= 11 is 0. The van der Waals surface area contributed by atoms with E-state index in [1.54, 1.807) is 23.7 Å². The molecule has 0 aliphatic carbocycles. The summed E-state index contributed by atoms with van der Waals surface area (Å²) in [6.45, 7) is 3.74. The first kappa shape index (κ1) is 23.1. The highest BCUT2D eigenvalue weighted by molar-refractivity contribution is 5.97. The van der Waals surface area contributed by atoms with Crippen LogP contribution in [0.15, 0.2) is 30.3 Å². The van der Waals surface area contributed by atoms with Gasteiger partial charge < -0.3 is 20.1 Å². The van der Waals surface area contributed by atoms with Crippen LogP contribution in [0.25, 0.3) is 11.3 Å². The molecule has 4 rings (SSSR count). The monoisotopic (exact) mass is 466 g/mol. The quantitative estimate of drug-likeness (QED) is 0.682. The maximum Gasteiger partial charge on any atom is 0.573 e. The van der Waals surface area contributed by atoms with Gasteiger partial charge in [0.15, 0.2) is 5.82 Å². The smallest absolute Gasteiger partial charge is 0.406 e. The number of hydrogen-bond donors (Lipinski definition) is 2. The van der Waals surface area contributed by atoms with E-state index in [1.165, 1.54) is 18.2 Å². The van der Waals surface area contributed by atoms with Gasteiger partial charge in [0.05, 0.1) is 11.6 Å². The standard InChI is InChI=1S/C22H25F3N4O4/c1-13-17(11-26-20(13)30)21(31)27-19-10-18(29(28-19)12-14-5-7-32-8-6-14)15-3-2-4-16(9-15)33-22(23,24)25/h2-4,9-10,13-14,17H,5-8,11-12H2,1H3,(H,26,30)(H,27,28,31)/t13-,17+/m1/s1. The molecule has 0 spiro atoms. The third-order valence-corrected chi connectivity index (χ3v) is 6.02. The van der Waals surface area contributed by atoms with E-state index in [2.05, 4.69) is 20.5 Å². The Balaban J connectivity index is 1.60. The van der Waals surface area contributed by atoms with Crippen molar-refractivity contribution in [3.63, 3.8) is 0 Å². The average molecular weight is 466 g/mol. The first-order valence-electron chi connectivity index (χ1n) is 10.8. The van der Waals surface area contributed by atoms with Crippen molar-refractivity contribution in [3.05, 3.63) is 30.3 Å². The normalized spacial score (nSPS) is 21.6. The van der Waals surface area contributed by atoms with E-state index in [4.69, 9.17) is 4.74 Å². The minimum Gasteiger partial charge on any atom is -0.406 e. The van der Waals surface area contributed by atoms with Gasteiger partial charge in [-0.3, -0.25) is 14.3 Å². The van der Waals surface area contributed by atoms with Gasteiger partial charge in [0, 0.05) is 43.9 Å². The molecular formula is C22H25F3N4O4. The van der Waals surface area contributed by atoms with Crippen LogP contribution < -0.4 is 15.4 Å². The second-order valence-corrected chi connectivity index (χ2v) is 8.36. The maximum atomic E-state index is 12.7. The van der Waals surface area contributed by atoms with Crippen LogP contribution in [0.3, 0.4) is 0 Å². The molecule has 8 nitrogen and oxygen atoms in total. The molecule has 1 aromatic heterocycles. The van der Waals surface area contributed by atoms with Crippen molar-refractivity contribution >= 4 is 17.6 Å². The number of anilines is 1. The molecule has 0 radical (unpaired) electrons. The Bertz CT molecular complexity index is 1020. The molecule has 2 aliphatic heterocycles. The fourth-order valence-electron chi connectivity index (χ4n) is 4.15. The van der Waals surface area contributed by atoms with E-state index in [0.29, 0.717) is 31.0 Å². The number of halogens is 3. The zero-order chi connectivity index (χ0) is 23.6. The summed E-state index contributed by atoms with van der Waals surface area (Å²) < 4.78 is 49.2. The highest BCUT2D eigenvalue weighted by Gasteiger charge is 2.36. The maximum absolute atomic E-state index is 12.7. The van der Waals surface area contributed by atoms with E-state index in [1.807, 2.05) is 0 Å². The summed E-state index contributed by atoms with van der Waals surface area (Å²) in [5.41, 5.74) is 1.03. The lowest BCUT2D eigenvalue weighted by Gasteiger charge is -2.22. The van der Waals surface area contributed by atoms with Crippen molar-refractivity contribution in [3.8, 4) is 17.0 Å². The largest absolute Gasteiger partial charge is 0.573 e. The molecule has 11 heteroatoms. The number of hydrogen-bond acceptors (Lipinski definition) is 5. The molecule has 2 saturated heterocycles. The molecule has 178 valence electrons. The Morgan fingerprint density at radius 2 is 2.06 bits per heavy atom. The van der Waals surface area contributed by atoms with E-state index >= 15 is 0 Å². The lowest BCUT2D eigenvalue weighted by atomic mass is 9.97. The molecule has 0 bridgehead atoms. The zero-order valence-electron chi connectivity index (χ0n) is 18.0. The lowest BCUT2D eigenvalue weighted by molar-refractivity contribution is -0.274. The van der Waals surface area contributed by atoms with Gasteiger partial charge in [0.2, 0.25) is 11.8 Å². The van der Waals surface area contributed by atoms with Crippen LogP contribution in [0.1, 0.15) is 19.8 Å². The van der Waals surface area contributed by atoms with Crippen molar-refractivity contribution in [1.82, 2.24) is 15.1 Å². The Labute approximate surface area is 188 Å². The number of nitrogens with one attached hydrogen (secondary N) is 2. The Morgan fingerprint density at radius 1 is 1.30 bits per heavy atom. The number of carbonyl (C=O) groups excluding carboxylic acids is 2. The van der Waals surface area contributed by atoms with Crippen molar-refractivity contribution in [2.75, 3.05) is 25.1 Å². The first-order chi connectivity index (χ1) is 15.7. The number of rotatable bonds is 6. The van der Waals surface area contributed by atoms with Gasteiger partial charge in [0.25, 0.3) is 0 Å². The van der Waals surface area contributed by atoms with Crippen LogP contribution in [0, 0.1) is 17.8 Å². The van der Waals surface area contributed by atoms with Crippen LogP contribution in [0.4, 0.5) is 19.0 Å². The minimum absolute atomic E-state index is 0.178. The van der Waals surface area contributed by atoms with Gasteiger partial charge in [0.1, 0.15) is 5.75 Å². The highest BCUT2D eigenvalue weighted by Crippen LogP contribution is 2.31. The third-order valence-electron chi connectivity index (χ3n) is 6.02. The van der Waals surface area contributed by atoms with Crippen LogP contribution in [-0.2, 0) is 20.9 Å². The van der Waals surface area contributed by atoms with Crippen molar-refractivity contribution in [2.45, 2.75) is 32.7 Å². The van der Waals surface area contributed by atoms with E-state index in [0.717, 1.165) is 12.8 Å². The summed E-state index contributed by atoms with van der Waals surface area (Å²) in [7, 11) is 0. The fourth-order valence-corrected chi connectivity index (χ4v) is 4.15. The predicted octanol–water partition coefficient (Wildman–Crippen LogP) is 3.20. The van der Waals surface area contributed by atoms with Crippen LogP contribution in [0.2, 0.25) is 0 Å². The third kappa shape index (κ3) is 5.65. The average Bonchev–Trinajstić information content (AvgIpc) is 3.30. The van der Waals surface area contributed by atoms with Crippen molar-refractivity contribution < 1.29 is 32.2 Å². The molecule has 2 aromatic rings. The van der Waals surface area contributed by atoms with Gasteiger partial charge >= 0.3 is 6.36 Å². The molecule has 0 unspecified atom stereocenters. The number of benzene rings is 1. The molecule has 33 heavy (non-hydrogen) atoms. The molecule has 2 N–H and O–H groups in total. The minimum atomic E-state index is -4.80. The van der Waals surface area contributed by atoms with Crippen LogP contribution >= 0.6 is 0 Å². The molecule has 2 aliphatic rings. The zero-order valence-corrected chi connectivity index (χ0v) is 18.0. The van der Waals surface area contributed by atoms with E-state index < -0.39 is 18.2 Å². The second-order valence-electron chi connectivity index (χ2n) is 8.36. The summed E-state index contributed by atoms with van der Waals surface area (Å²) in [6.07, 6.45) is -3.12. The van der Waals surface area contributed by atoms with E-state index in [-0.39, 0.29) is 35.8 Å². The fraction of sp³-hybridized carbons (Fsp3) is 0.500. The molecule has 2 fully saturated rings. The summed E-state index contributed by atoms with van der Waals surface area (Å²) in [5.74, 6) is -1.27. The Kier molecular flexibility index (Phi) is 6.59. The number of aromatic nitrogens is 2. The van der Waals surface area contributed by atoms with E-state index in [9.17, 15) is 22.8 Å². The Hall–Kier alpha value is -3.08. The molecule has 3 heterocycles. The molecule has 0 saturated carbocycles. The summed E-state index contributed by atoms with van der Waals surface area (Å²) in [5, 5.41) is 9.94. The number of amides is 2. The molecular weight excluding hydrogens is 441 g/mol. The predicted molar refractivity (Wildman–Crippen MR) is 112 cm³/mol. The second kappa shape index (κ2) is 9.42. The Morgan fingerprint density at radius 3 is 2.73 bits per heavy atom. The number of carbonyl (C=O) groups is 2. The van der Waals surface area contributed by atoms with Gasteiger partial charge in [-0.1, -0.05) is 19.1 Å². The summed E-state index contributed by atoms with van der Waals surface area (Å²) in [4.78, 5) is 24.4. The van der Waals surface area contributed by atoms with Crippen LogP contribution in [-0.4, -0.2) is 47.7 Å².